The van der Waals surface area contributed by atoms with E-state index < -0.39 is 8.32 Å². The third kappa shape index (κ3) is 32.3. The lowest BCUT2D eigenvalue weighted by Crippen LogP contribution is -2.51. The lowest BCUT2D eigenvalue weighted by atomic mass is 9.88. The average molecular weight is 912 g/mol. The van der Waals surface area contributed by atoms with Crippen molar-refractivity contribution in [1.29, 1.82) is 0 Å². The second-order valence-electron chi connectivity index (χ2n) is 25.7. The Kier molecular flexibility index (Phi) is 26.4. The van der Waals surface area contributed by atoms with Gasteiger partial charge in [0.2, 0.25) is 5.91 Å². The molecule has 2 N–H and O–H groups in total. The smallest absolute Gasteiger partial charge is 0.250 e. The van der Waals surface area contributed by atoms with Crippen LogP contribution in [0, 0.1) is 21.7 Å². The number of hydrogen-bond donors (Lipinski definition) is 2. The van der Waals surface area contributed by atoms with E-state index in [-0.39, 0.29) is 40.3 Å². The van der Waals surface area contributed by atoms with Crippen molar-refractivity contribution in [2.24, 2.45) is 21.7 Å². The van der Waals surface area contributed by atoms with Gasteiger partial charge in [-0.1, -0.05) is 147 Å². The van der Waals surface area contributed by atoms with Gasteiger partial charge in [0.1, 0.15) is 6.61 Å². The maximum atomic E-state index is 12.2. The zero-order valence-electron chi connectivity index (χ0n) is 45.8. The zero-order valence-corrected chi connectivity index (χ0v) is 46.8. The van der Waals surface area contributed by atoms with Gasteiger partial charge in [0, 0.05) is 48.6 Å². The molecule has 64 heavy (non-hydrogen) atoms. The molecule has 0 aromatic heterocycles. The molecular weight excluding hydrogens is 809 g/mol. The summed E-state index contributed by atoms with van der Waals surface area (Å²) < 4.78 is 17.7. The quantitative estimate of drug-likeness (QED) is 0.0782. The number of anilines is 1. The molecule has 0 fully saturated rings. The molecule has 7 nitrogen and oxygen atoms in total. The summed E-state index contributed by atoms with van der Waals surface area (Å²) in [5, 5.41) is 6.17. The van der Waals surface area contributed by atoms with Crippen molar-refractivity contribution >= 4 is 25.7 Å². The van der Waals surface area contributed by atoms with Gasteiger partial charge in [-0.3, -0.25) is 9.59 Å². The molecule has 0 saturated heterocycles. The fourth-order valence-corrected chi connectivity index (χ4v) is 13.1. The van der Waals surface area contributed by atoms with Gasteiger partial charge in [0.05, 0.1) is 6.61 Å². The SMILES string of the molecule is CC(C)(C)CCCOCCCC(=O)c1ccc(CC(C)(C)C)cc1.CC(C)(C)Cc1ccc(NC(=O)COCCNC(C)(C)C)cc1.CC(C)[Si](CC(C)(C)C)(OC(C)(C)C)C(C)C. The first kappa shape index (κ1) is 61.6. The van der Waals surface area contributed by atoms with E-state index in [1.165, 1.54) is 23.6 Å². The van der Waals surface area contributed by atoms with E-state index in [1.54, 1.807) is 0 Å². The molecule has 370 valence electrons. The van der Waals surface area contributed by atoms with Crippen molar-refractivity contribution in [3.63, 3.8) is 0 Å². The van der Waals surface area contributed by atoms with E-state index in [2.05, 4.69) is 187 Å². The van der Waals surface area contributed by atoms with Gasteiger partial charge in [0.15, 0.2) is 14.1 Å². The molecule has 0 spiro atoms. The van der Waals surface area contributed by atoms with Crippen LogP contribution in [0.5, 0.6) is 0 Å². The summed E-state index contributed by atoms with van der Waals surface area (Å²) in [5.74, 6) is 0.0972. The minimum atomic E-state index is -1.72. The normalized spacial score (nSPS) is 13.0. The number of benzene rings is 2. The average Bonchev–Trinajstić information content (AvgIpc) is 3.09. The van der Waals surface area contributed by atoms with Crippen LogP contribution in [0.1, 0.15) is 199 Å². The van der Waals surface area contributed by atoms with E-state index in [9.17, 15) is 9.59 Å². The van der Waals surface area contributed by atoms with Crippen LogP contribution < -0.4 is 10.6 Å². The Hall–Kier alpha value is -2.36. The predicted octanol–water partition coefficient (Wildman–Crippen LogP) is 15.3. The fourth-order valence-electron chi connectivity index (χ4n) is 7.63. The van der Waals surface area contributed by atoms with E-state index in [4.69, 9.17) is 13.9 Å². The highest BCUT2D eigenvalue weighted by atomic mass is 28.4. The van der Waals surface area contributed by atoms with Crippen molar-refractivity contribution in [3.8, 4) is 0 Å². The molecule has 0 aliphatic carbocycles. The lowest BCUT2D eigenvalue weighted by molar-refractivity contribution is -0.120. The van der Waals surface area contributed by atoms with Gasteiger partial charge in [0.25, 0.3) is 0 Å². The van der Waals surface area contributed by atoms with Crippen LogP contribution in [0.25, 0.3) is 0 Å². The molecule has 0 unspecified atom stereocenters. The van der Waals surface area contributed by atoms with Crippen molar-refractivity contribution in [2.75, 3.05) is 38.3 Å². The van der Waals surface area contributed by atoms with Crippen LogP contribution in [-0.4, -0.2) is 64.1 Å². The highest BCUT2D eigenvalue weighted by Gasteiger charge is 2.47. The van der Waals surface area contributed by atoms with E-state index in [0.717, 1.165) is 50.1 Å². The number of ether oxygens (including phenoxy) is 2. The summed E-state index contributed by atoms with van der Waals surface area (Å²) in [4.78, 5) is 24.0. The summed E-state index contributed by atoms with van der Waals surface area (Å²) in [6, 6.07) is 17.4. The van der Waals surface area contributed by atoms with Crippen LogP contribution in [0.3, 0.4) is 0 Å². The largest absolute Gasteiger partial charge is 0.412 e. The van der Waals surface area contributed by atoms with Crippen LogP contribution >= 0.6 is 0 Å². The number of carbonyl (C=O) groups is 2. The lowest BCUT2D eigenvalue weighted by Gasteiger charge is -2.46. The highest BCUT2D eigenvalue weighted by molar-refractivity contribution is 6.76. The second-order valence-corrected chi connectivity index (χ2v) is 30.4. The van der Waals surface area contributed by atoms with Gasteiger partial charge in [-0.15, -0.1) is 0 Å². The van der Waals surface area contributed by atoms with Gasteiger partial charge in [-0.05, 0) is 136 Å². The summed E-state index contributed by atoms with van der Waals surface area (Å²) in [6.07, 6.45) is 5.69. The van der Waals surface area contributed by atoms with Crippen LogP contribution in [0.15, 0.2) is 48.5 Å². The number of ketones is 1. The van der Waals surface area contributed by atoms with E-state index in [0.29, 0.717) is 41.5 Å². The Morgan fingerprint density at radius 3 is 1.45 bits per heavy atom. The van der Waals surface area contributed by atoms with Gasteiger partial charge in [-0.2, -0.15) is 0 Å². The molecule has 2 aromatic carbocycles. The van der Waals surface area contributed by atoms with E-state index >= 15 is 0 Å². The van der Waals surface area contributed by atoms with E-state index in [1.807, 2.05) is 24.3 Å². The molecule has 0 heterocycles. The molecule has 0 saturated carbocycles. The molecule has 0 aliphatic rings. The van der Waals surface area contributed by atoms with Gasteiger partial charge in [-0.25, -0.2) is 0 Å². The third-order valence-corrected chi connectivity index (χ3v) is 16.8. The zero-order chi connectivity index (χ0) is 49.8. The van der Waals surface area contributed by atoms with Crippen LogP contribution in [0.2, 0.25) is 17.1 Å². The van der Waals surface area contributed by atoms with Crippen LogP contribution in [-0.2, 0) is 31.5 Å². The number of hydrogen-bond acceptors (Lipinski definition) is 6. The standard InChI is InChI=1S/C22H36O2.C19H32N2O2.C15H34OSi/c1-21(2,3)14-8-16-24-15-7-9-20(23)19-12-10-18(11-13-19)17-22(4,5)6;1-18(2,3)13-15-7-9-16(10-8-15)21-17(22)14-23-12-11-20-19(4,5)6;1-12(2)17(13(3)4,11-14(5,6)7)16-15(8,9)10/h10-13H,7-9,14-17H2,1-6H3;7-10,20H,11-14H2,1-6H3,(H,21,22);12-13H,11H2,1-10H3. The molecule has 2 rings (SSSR count). The Morgan fingerprint density at radius 2 is 1.05 bits per heavy atom. The Bertz CT molecular complexity index is 1550. The second kappa shape index (κ2) is 27.4. The van der Waals surface area contributed by atoms with Gasteiger partial charge < -0.3 is 24.5 Å². The molecule has 0 bridgehead atoms. The van der Waals surface area contributed by atoms with Crippen molar-refractivity contribution in [2.45, 2.75) is 219 Å². The number of carbonyl (C=O) groups excluding carboxylic acids is 2. The number of amides is 1. The molecule has 1 amide bonds. The number of rotatable bonds is 20. The number of nitrogens with one attached hydrogen (secondary N) is 2. The first-order valence-electron chi connectivity index (χ1n) is 24.5. The first-order chi connectivity index (χ1) is 28.9. The summed E-state index contributed by atoms with van der Waals surface area (Å²) in [5.41, 5.74) is 6.85. The maximum Gasteiger partial charge on any atom is 0.250 e. The van der Waals surface area contributed by atoms with Crippen molar-refractivity contribution < 1.29 is 23.5 Å². The topological polar surface area (TPSA) is 85.9 Å². The van der Waals surface area contributed by atoms with Crippen LogP contribution in [0.4, 0.5) is 5.69 Å². The minimum Gasteiger partial charge on any atom is -0.412 e. The molecule has 0 atom stereocenters. The molecule has 0 aliphatic heterocycles. The third-order valence-electron chi connectivity index (χ3n) is 10.3. The maximum absolute atomic E-state index is 12.2. The minimum absolute atomic E-state index is 0.0218. The first-order valence-corrected chi connectivity index (χ1v) is 26.8. The monoisotopic (exact) mass is 911 g/mol. The van der Waals surface area contributed by atoms with Crippen molar-refractivity contribution in [3.05, 3.63) is 65.2 Å². The molecule has 2 aromatic rings. The summed E-state index contributed by atoms with van der Waals surface area (Å²) in [6.45, 7) is 52.2. The number of Topliss-reactive ketones (excluding diaryl/α,β-unsaturated/α-hetero) is 1. The Labute approximate surface area is 397 Å². The predicted molar refractivity (Wildman–Crippen MR) is 281 cm³/mol. The molecule has 8 heteroatoms. The molecular formula is C56H102N2O5Si. The fraction of sp³-hybridized carbons (Fsp3) is 0.750. The Morgan fingerprint density at radius 1 is 0.578 bits per heavy atom. The van der Waals surface area contributed by atoms with Gasteiger partial charge >= 0.3 is 0 Å². The summed E-state index contributed by atoms with van der Waals surface area (Å²) in [7, 11) is -1.72. The highest BCUT2D eigenvalue weighted by Crippen LogP contribution is 2.45. The molecule has 0 radical (unpaired) electrons. The Balaban J connectivity index is 0.000000946. The van der Waals surface area contributed by atoms with Crippen molar-refractivity contribution in [1.82, 2.24) is 5.32 Å². The summed E-state index contributed by atoms with van der Waals surface area (Å²) >= 11 is 0.